The molecule has 0 heterocycles. The SMILES string of the molecule is CCCC(NCCCOC)c1ccc(Cl)cc1. The number of benzene rings is 1. The predicted molar refractivity (Wildman–Crippen MR) is 73.6 cm³/mol. The second-order valence-electron chi connectivity index (χ2n) is 4.19. The number of nitrogens with one attached hydrogen (secondary N) is 1. The Hall–Kier alpha value is -0.570. The quantitative estimate of drug-likeness (QED) is 0.714. The smallest absolute Gasteiger partial charge is 0.0474 e. The molecule has 1 aromatic rings. The lowest BCUT2D eigenvalue weighted by molar-refractivity contribution is 0.193. The first kappa shape index (κ1) is 14.5. The van der Waals surface area contributed by atoms with Crippen LogP contribution >= 0.6 is 11.6 Å². The second kappa shape index (κ2) is 8.51. The summed E-state index contributed by atoms with van der Waals surface area (Å²) in [6, 6.07) is 8.54. The van der Waals surface area contributed by atoms with Crippen molar-refractivity contribution >= 4 is 11.6 Å². The maximum Gasteiger partial charge on any atom is 0.0474 e. The van der Waals surface area contributed by atoms with Crippen molar-refractivity contribution in [1.82, 2.24) is 5.32 Å². The third-order valence-electron chi connectivity index (χ3n) is 2.77. The first-order valence-electron chi connectivity index (χ1n) is 6.25. The van der Waals surface area contributed by atoms with Crippen molar-refractivity contribution in [3.05, 3.63) is 34.9 Å². The van der Waals surface area contributed by atoms with E-state index < -0.39 is 0 Å². The zero-order chi connectivity index (χ0) is 12.5. The van der Waals surface area contributed by atoms with Gasteiger partial charge in [-0.05, 0) is 37.1 Å². The zero-order valence-corrected chi connectivity index (χ0v) is 11.5. The van der Waals surface area contributed by atoms with Gasteiger partial charge in [-0.1, -0.05) is 37.1 Å². The van der Waals surface area contributed by atoms with E-state index in [0.717, 1.165) is 31.0 Å². The van der Waals surface area contributed by atoms with Crippen LogP contribution in [0.25, 0.3) is 0 Å². The van der Waals surface area contributed by atoms with Crippen LogP contribution in [0.5, 0.6) is 0 Å². The number of ether oxygens (including phenoxy) is 1. The van der Waals surface area contributed by atoms with Gasteiger partial charge in [-0.25, -0.2) is 0 Å². The largest absolute Gasteiger partial charge is 0.385 e. The fraction of sp³-hybridized carbons (Fsp3) is 0.571. The Morgan fingerprint density at radius 1 is 1.29 bits per heavy atom. The molecule has 1 atom stereocenters. The number of hydrogen-bond acceptors (Lipinski definition) is 2. The summed E-state index contributed by atoms with van der Waals surface area (Å²) in [7, 11) is 1.74. The summed E-state index contributed by atoms with van der Waals surface area (Å²) >= 11 is 5.90. The van der Waals surface area contributed by atoms with Crippen LogP contribution in [0, 0.1) is 0 Å². The highest BCUT2D eigenvalue weighted by atomic mass is 35.5. The standard InChI is InChI=1S/C14H22ClNO/c1-3-5-14(16-10-4-11-17-2)12-6-8-13(15)9-7-12/h6-9,14,16H,3-5,10-11H2,1-2H3. The van der Waals surface area contributed by atoms with E-state index in [-0.39, 0.29) is 0 Å². The van der Waals surface area contributed by atoms with Gasteiger partial charge in [-0.2, -0.15) is 0 Å². The van der Waals surface area contributed by atoms with Crippen molar-refractivity contribution in [2.24, 2.45) is 0 Å². The topological polar surface area (TPSA) is 21.3 Å². The highest BCUT2D eigenvalue weighted by Crippen LogP contribution is 2.20. The number of rotatable bonds is 8. The molecule has 0 saturated carbocycles. The normalized spacial score (nSPS) is 12.6. The first-order valence-corrected chi connectivity index (χ1v) is 6.63. The van der Waals surface area contributed by atoms with Crippen LogP contribution in [0.2, 0.25) is 5.02 Å². The van der Waals surface area contributed by atoms with E-state index in [1.54, 1.807) is 7.11 Å². The summed E-state index contributed by atoms with van der Waals surface area (Å²) < 4.78 is 5.05. The van der Waals surface area contributed by atoms with Crippen LogP contribution in [0.4, 0.5) is 0 Å². The summed E-state index contributed by atoms with van der Waals surface area (Å²) in [5, 5.41) is 4.36. The van der Waals surface area contributed by atoms with Crippen LogP contribution in [0.3, 0.4) is 0 Å². The third-order valence-corrected chi connectivity index (χ3v) is 3.02. The van der Waals surface area contributed by atoms with Crippen LogP contribution < -0.4 is 5.32 Å². The maximum atomic E-state index is 5.90. The minimum Gasteiger partial charge on any atom is -0.385 e. The van der Waals surface area contributed by atoms with Crippen molar-refractivity contribution in [3.63, 3.8) is 0 Å². The number of methoxy groups -OCH3 is 1. The Morgan fingerprint density at radius 3 is 2.59 bits per heavy atom. The Balaban J connectivity index is 2.49. The Morgan fingerprint density at radius 2 is 2.00 bits per heavy atom. The van der Waals surface area contributed by atoms with E-state index in [1.807, 2.05) is 12.1 Å². The summed E-state index contributed by atoms with van der Waals surface area (Å²) in [4.78, 5) is 0. The van der Waals surface area contributed by atoms with Gasteiger partial charge in [-0.15, -0.1) is 0 Å². The van der Waals surface area contributed by atoms with E-state index in [2.05, 4.69) is 24.4 Å². The molecule has 3 heteroatoms. The van der Waals surface area contributed by atoms with E-state index in [9.17, 15) is 0 Å². The summed E-state index contributed by atoms with van der Waals surface area (Å²) in [6.45, 7) is 4.01. The molecule has 0 fully saturated rings. The summed E-state index contributed by atoms with van der Waals surface area (Å²) in [5.74, 6) is 0. The predicted octanol–water partition coefficient (Wildman–Crippen LogP) is 3.81. The van der Waals surface area contributed by atoms with Gasteiger partial charge in [-0.3, -0.25) is 0 Å². The lowest BCUT2D eigenvalue weighted by atomic mass is 10.0. The molecular weight excluding hydrogens is 234 g/mol. The Labute approximate surface area is 109 Å². The van der Waals surface area contributed by atoms with Crippen molar-refractivity contribution < 1.29 is 4.74 Å². The lowest BCUT2D eigenvalue weighted by Gasteiger charge is -2.18. The van der Waals surface area contributed by atoms with Crippen LogP contribution in [0.1, 0.15) is 37.8 Å². The van der Waals surface area contributed by atoms with Crippen LogP contribution in [-0.2, 0) is 4.74 Å². The minimum absolute atomic E-state index is 0.425. The first-order chi connectivity index (χ1) is 8.27. The molecule has 96 valence electrons. The van der Waals surface area contributed by atoms with Gasteiger partial charge in [0.15, 0.2) is 0 Å². The van der Waals surface area contributed by atoms with Gasteiger partial charge in [0.25, 0.3) is 0 Å². The molecule has 0 amide bonds. The molecule has 17 heavy (non-hydrogen) atoms. The van der Waals surface area contributed by atoms with E-state index in [1.165, 1.54) is 12.0 Å². The van der Waals surface area contributed by atoms with Crippen molar-refractivity contribution in [1.29, 1.82) is 0 Å². The molecule has 1 rings (SSSR count). The molecule has 0 bridgehead atoms. The number of halogens is 1. The third kappa shape index (κ3) is 5.53. The van der Waals surface area contributed by atoms with E-state index in [4.69, 9.17) is 16.3 Å². The van der Waals surface area contributed by atoms with Gasteiger partial charge < -0.3 is 10.1 Å². The Kier molecular flexibility index (Phi) is 7.25. The molecule has 0 spiro atoms. The van der Waals surface area contributed by atoms with Gasteiger partial charge in [0.1, 0.15) is 0 Å². The lowest BCUT2D eigenvalue weighted by Crippen LogP contribution is -2.23. The van der Waals surface area contributed by atoms with Crippen molar-refractivity contribution in [2.45, 2.75) is 32.2 Å². The van der Waals surface area contributed by atoms with Gasteiger partial charge >= 0.3 is 0 Å². The van der Waals surface area contributed by atoms with Crippen LogP contribution in [-0.4, -0.2) is 20.3 Å². The second-order valence-corrected chi connectivity index (χ2v) is 4.63. The van der Waals surface area contributed by atoms with E-state index >= 15 is 0 Å². The average Bonchev–Trinajstić information content (AvgIpc) is 2.34. The fourth-order valence-electron chi connectivity index (χ4n) is 1.86. The van der Waals surface area contributed by atoms with Gasteiger partial charge in [0.2, 0.25) is 0 Å². The zero-order valence-electron chi connectivity index (χ0n) is 10.7. The molecule has 0 aromatic heterocycles. The van der Waals surface area contributed by atoms with Crippen molar-refractivity contribution in [3.8, 4) is 0 Å². The molecule has 0 radical (unpaired) electrons. The fourth-order valence-corrected chi connectivity index (χ4v) is 1.99. The summed E-state index contributed by atoms with van der Waals surface area (Å²) in [5.41, 5.74) is 1.31. The molecule has 1 N–H and O–H groups in total. The van der Waals surface area contributed by atoms with E-state index in [0.29, 0.717) is 6.04 Å². The Bertz CT molecular complexity index is 300. The van der Waals surface area contributed by atoms with Crippen LogP contribution in [0.15, 0.2) is 24.3 Å². The highest BCUT2D eigenvalue weighted by Gasteiger charge is 2.09. The molecule has 2 nitrogen and oxygen atoms in total. The molecule has 0 saturated heterocycles. The maximum absolute atomic E-state index is 5.90. The summed E-state index contributed by atoms with van der Waals surface area (Å²) in [6.07, 6.45) is 3.36. The molecule has 0 aliphatic rings. The molecule has 1 unspecified atom stereocenters. The molecule has 0 aliphatic heterocycles. The molecular formula is C14H22ClNO. The molecule has 1 aromatic carbocycles. The van der Waals surface area contributed by atoms with Gasteiger partial charge in [0.05, 0.1) is 0 Å². The number of hydrogen-bond donors (Lipinski definition) is 1. The minimum atomic E-state index is 0.425. The van der Waals surface area contributed by atoms with Crippen molar-refractivity contribution in [2.75, 3.05) is 20.3 Å². The highest BCUT2D eigenvalue weighted by molar-refractivity contribution is 6.30. The average molecular weight is 256 g/mol. The molecule has 0 aliphatic carbocycles. The monoisotopic (exact) mass is 255 g/mol. The van der Waals surface area contributed by atoms with Gasteiger partial charge in [0, 0.05) is 24.8 Å².